The lowest BCUT2D eigenvalue weighted by molar-refractivity contribution is 0.00696. The van der Waals surface area contributed by atoms with Crippen LogP contribution in [0.2, 0.25) is 0 Å². The first-order valence-electron chi connectivity index (χ1n) is 7.44. The van der Waals surface area contributed by atoms with Crippen LogP contribution in [-0.2, 0) is 4.74 Å². The van der Waals surface area contributed by atoms with Crippen molar-refractivity contribution < 1.29 is 9.53 Å². The van der Waals surface area contributed by atoms with Crippen LogP contribution in [0.25, 0.3) is 0 Å². The lowest BCUT2D eigenvalue weighted by Crippen LogP contribution is -2.52. The number of hydrogen-bond donors (Lipinski definition) is 1. The molecule has 1 aliphatic rings. The maximum Gasteiger partial charge on any atom is 0.317 e. The Kier molecular flexibility index (Phi) is 7.16. The predicted molar refractivity (Wildman–Crippen MR) is 77.3 cm³/mol. The van der Waals surface area contributed by atoms with E-state index in [1.807, 2.05) is 18.7 Å². The van der Waals surface area contributed by atoms with Crippen molar-refractivity contribution in [1.82, 2.24) is 15.1 Å². The highest BCUT2D eigenvalue weighted by Gasteiger charge is 2.24. The molecule has 1 aliphatic heterocycles. The quantitative estimate of drug-likeness (QED) is 0.794. The van der Waals surface area contributed by atoms with E-state index in [9.17, 15) is 4.79 Å². The number of nitrogens with zero attached hydrogens (tertiary/aromatic N) is 2. The summed E-state index contributed by atoms with van der Waals surface area (Å²) < 4.78 is 5.39. The number of morpholine rings is 1. The summed E-state index contributed by atoms with van der Waals surface area (Å²) in [6, 6.07) is 0.437. The van der Waals surface area contributed by atoms with E-state index in [2.05, 4.69) is 24.1 Å². The molecule has 5 nitrogen and oxygen atoms in total. The lowest BCUT2D eigenvalue weighted by atomic mass is 10.0. The molecule has 0 aliphatic carbocycles. The standard InChI is InChI=1S/C14H29N3O2/c1-5-16(6-2)14(18)15-11-13(12(3)4)17-7-9-19-10-8-17/h12-13H,5-11H2,1-4H3,(H,15,18)/t13-/m1/s1. The minimum atomic E-state index is 0.0453. The zero-order valence-corrected chi connectivity index (χ0v) is 12.8. The Morgan fingerprint density at radius 1 is 1.26 bits per heavy atom. The van der Waals surface area contributed by atoms with Crippen molar-refractivity contribution in [3.63, 3.8) is 0 Å². The van der Waals surface area contributed by atoms with Crippen molar-refractivity contribution in [2.45, 2.75) is 33.7 Å². The largest absolute Gasteiger partial charge is 0.379 e. The third-order valence-corrected chi connectivity index (χ3v) is 3.80. The SMILES string of the molecule is CCN(CC)C(=O)NC[C@H](C(C)C)N1CCOCC1. The van der Waals surface area contributed by atoms with Crippen LogP contribution in [0, 0.1) is 5.92 Å². The number of ether oxygens (including phenoxy) is 1. The van der Waals surface area contributed by atoms with Crippen LogP contribution in [0.1, 0.15) is 27.7 Å². The van der Waals surface area contributed by atoms with Crippen LogP contribution < -0.4 is 5.32 Å². The molecule has 0 aromatic carbocycles. The van der Waals surface area contributed by atoms with E-state index in [-0.39, 0.29) is 6.03 Å². The second kappa shape index (κ2) is 8.38. The smallest absolute Gasteiger partial charge is 0.317 e. The average Bonchev–Trinajstić information content (AvgIpc) is 2.41. The summed E-state index contributed by atoms with van der Waals surface area (Å²) in [6.07, 6.45) is 0. The molecule has 0 aromatic heterocycles. The molecule has 19 heavy (non-hydrogen) atoms. The molecule has 0 unspecified atom stereocenters. The number of urea groups is 1. The van der Waals surface area contributed by atoms with Gasteiger partial charge in [0.1, 0.15) is 0 Å². The number of rotatable bonds is 6. The number of hydrogen-bond acceptors (Lipinski definition) is 3. The van der Waals surface area contributed by atoms with E-state index >= 15 is 0 Å². The molecule has 0 bridgehead atoms. The Morgan fingerprint density at radius 2 is 1.84 bits per heavy atom. The van der Waals surface area contributed by atoms with Crippen molar-refractivity contribution in [1.29, 1.82) is 0 Å². The summed E-state index contributed by atoms with van der Waals surface area (Å²) in [5.41, 5.74) is 0. The van der Waals surface area contributed by atoms with Gasteiger partial charge in [0.25, 0.3) is 0 Å². The van der Waals surface area contributed by atoms with E-state index in [0.29, 0.717) is 18.5 Å². The summed E-state index contributed by atoms with van der Waals surface area (Å²) in [5.74, 6) is 0.523. The van der Waals surface area contributed by atoms with Gasteiger partial charge in [-0.25, -0.2) is 4.79 Å². The van der Waals surface area contributed by atoms with Crippen molar-refractivity contribution in [2.24, 2.45) is 5.92 Å². The molecule has 1 atom stereocenters. The fraction of sp³-hybridized carbons (Fsp3) is 0.929. The third kappa shape index (κ3) is 4.99. The first kappa shape index (κ1) is 16.2. The van der Waals surface area contributed by atoms with Gasteiger partial charge in [-0.2, -0.15) is 0 Å². The minimum Gasteiger partial charge on any atom is -0.379 e. The summed E-state index contributed by atoms with van der Waals surface area (Å²) in [7, 11) is 0. The fourth-order valence-corrected chi connectivity index (χ4v) is 2.51. The van der Waals surface area contributed by atoms with Gasteiger partial charge in [-0.3, -0.25) is 4.90 Å². The molecule has 112 valence electrons. The summed E-state index contributed by atoms with van der Waals surface area (Å²) in [6.45, 7) is 14.2. The highest BCUT2D eigenvalue weighted by molar-refractivity contribution is 5.74. The first-order valence-corrected chi connectivity index (χ1v) is 7.44. The number of nitrogens with one attached hydrogen (secondary N) is 1. The van der Waals surface area contributed by atoms with Gasteiger partial charge in [-0.1, -0.05) is 13.8 Å². The molecule has 5 heteroatoms. The van der Waals surface area contributed by atoms with Gasteiger partial charge < -0.3 is 15.0 Å². The lowest BCUT2D eigenvalue weighted by Gasteiger charge is -2.37. The molecule has 0 radical (unpaired) electrons. The second-order valence-electron chi connectivity index (χ2n) is 5.32. The molecular weight excluding hydrogens is 242 g/mol. The fourth-order valence-electron chi connectivity index (χ4n) is 2.51. The van der Waals surface area contributed by atoms with Crippen molar-refractivity contribution in [2.75, 3.05) is 45.9 Å². The maximum atomic E-state index is 12.0. The van der Waals surface area contributed by atoms with Crippen LogP contribution in [0.15, 0.2) is 0 Å². The minimum absolute atomic E-state index is 0.0453. The normalized spacial score (nSPS) is 18.4. The van der Waals surface area contributed by atoms with Crippen LogP contribution in [0.4, 0.5) is 4.79 Å². The highest BCUT2D eigenvalue weighted by atomic mass is 16.5. The monoisotopic (exact) mass is 271 g/mol. The summed E-state index contributed by atoms with van der Waals surface area (Å²) >= 11 is 0. The number of carbonyl (C=O) groups excluding carboxylic acids is 1. The molecular formula is C14H29N3O2. The van der Waals surface area contributed by atoms with Gasteiger partial charge in [-0.05, 0) is 19.8 Å². The second-order valence-corrected chi connectivity index (χ2v) is 5.32. The van der Waals surface area contributed by atoms with Gasteiger partial charge in [0.05, 0.1) is 13.2 Å². The molecule has 0 saturated carbocycles. The molecule has 1 N–H and O–H groups in total. The van der Waals surface area contributed by atoms with Crippen LogP contribution in [-0.4, -0.2) is 67.8 Å². The van der Waals surface area contributed by atoms with E-state index in [4.69, 9.17) is 4.74 Å². The van der Waals surface area contributed by atoms with E-state index in [0.717, 1.165) is 39.4 Å². The Hall–Kier alpha value is -0.810. The van der Waals surface area contributed by atoms with Gasteiger partial charge >= 0.3 is 6.03 Å². The van der Waals surface area contributed by atoms with E-state index in [1.165, 1.54) is 0 Å². The highest BCUT2D eigenvalue weighted by Crippen LogP contribution is 2.12. The van der Waals surface area contributed by atoms with Crippen LogP contribution in [0.5, 0.6) is 0 Å². The number of carbonyl (C=O) groups is 1. The topological polar surface area (TPSA) is 44.8 Å². The van der Waals surface area contributed by atoms with Gasteiger partial charge in [0.15, 0.2) is 0 Å². The van der Waals surface area contributed by atoms with Crippen LogP contribution in [0.3, 0.4) is 0 Å². The Morgan fingerprint density at radius 3 is 2.32 bits per heavy atom. The van der Waals surface area contributed by atoms with E-state index in [1.54, 1.807) is 0 Å². The first-order chi connectivity index (χ1) is 9.10. The van der Waals surface area contributed by atoms with Gasteiger partial charge in [0.2, 0.25) is 0 Å². The summed E-state index contributed by atoms with van der Waals surface area (Å²) in [5, 5.41) is 3.07. The zero-order valence-electron chi connectivity index (χ0n) is 12.8. The molecule has 2 amide bonds. The zero-order chi connectivity index (χ0) is 14.3. The molecule has 0 spiro atoms. The summed E-state index contributed by atoms with van der Waals surface area (Å²) in [4.78, 5) is 16.2. The van der Waals surface area contributed by atoms with Crippen molar-refractivity contribution in [3.8, 4) is 0 Å². The Balaban J connectivity index is 2.47. The number of amides is 2. The average molecular weight is 271 g/mol. The molecule has 1 saturated heterocycles. The van der Waals surface area contributed by atoms with Gasteiger partial charge in [-0.15, -0.1) is 0 Å². The van der Waals surface area contributed by atoms with Gasteiger partial charge in [0, 0.05) is 38.8 Å². The predicted octanol–water partition coefficient (Wildman–Crippen LogP) is 1.39. The maximum absolute atomic E-state index is 12.0. The molecule has 1 rings (SSSR count). The molecule has 1 fully saturated rings. The van der Waals surface area contributed by atoms with Crippen LogP contribution >= 0.6 is 0 Å². The van der Waals surface area contributed by atoms with E-state index < -0.39 is 0 Å². The molecule has 0 aromatic rings. The Labute approximate surface area is 117 Å². The molecule has 1 heterocycles. The van der Waals surface area contributed by atoms with Crippen molar-refractivity contribution in [3.05, 3.63) is 0 Å². The van der Waals surface area contributed by atoms with Crippen molar-refractivity contribution >= 4 is 6.03 Å². The third-order valence-electron chi connectivity index (χ3n) is 3.80. The Bertz CT molecular complexity index is 261.